The van der Waals surface area contributed by atoms with Gasteiger partial charge in [-0.05, 0) is 18.9 Å². The number of hydrogen-bond acceptors (Lipinski definition) is 6. The molecule has 0 aliphatic carbocycles. The van der Waals surface area contributed by atoms with Gasteiger partial charge in [-0.15, -0.1) is 0 Å². The molecule has 2 heterocycles. The number of carbonyl (C=O) groups excluding carboxylic acids is 2. The van der Waals surface area contributed by atoms with Gasteiger partial charge in [0.25, 0.3) is 5.69 Å². The van der Waals surface area contributed by atoms with Crippen LogP contribution in [0.1, 0.15) is 43.7 Å². The van der Waals surface area contributed by atoms with Gasteiger partial charge in [-0.2, -0.15) is 5.10 Å². The lowest BCUT2D eigenvalue weighted by atomic mass is 10.1. The summed E-state index contributed by atoms with van der Waals surface area (Å²) in [5.41, 5.74) is 1.33. The van der Waals surface area contributed by atoms with Gasteiger partial charge in [-0.3, -0.25) is 25.0 Å². The molecule has 2 atom stereocenters. The zero-order valence-corrected chi connectivity index (χ0v) is 16.3. The van der Waals surface area contributed by atoms with Crippen LogP contribution in [0.5, 0.6) is 0 Å². The number of aryl methyl sites for hydroxylation is 1. The molecule has 1 aliphatic rings. The maximum Gasteiger partial charge on any atom is 0.269 e. The maximum atomic E-state index is 12.5. The number of amides is 2. The van der Waals surface area contributed by atoms with E-state index in [1.807, 2.05) is 0 Å². The van der Waals surface area contributed by atoms with Gasteiger partial charge in [0.1, 0.15) is 5.82 Å². The van der Waals surface area contributed by atoms with Crippen LogP contribution >= 0.6 is 0 Å². The summed E-state index contributed by atoms with van der Waals surface area (Å²) in [6.07, 6.45) is 1.74. The standard InChI is InChI=1S/C19H24N6O4/c1-3-4-14-11-18(27)22-19(20-14)24-16(9-12(2)23-24)21-17(26)10-13-5-7-15(8-6-13)25(28)29/h5-9,14,19-20H,3-4,10-11H2,1-2H3,(H,21,26)(H,22,27). The van der Waals surface area contributed by atoms with Gasteiger partial charge >= 0.3 is 0 Å². The number of nitro groups is 1. The Bertz CT molecular complexity index is 908. The fourth-order valence-electron chi connectivity index (χ4n) is 3.34. The Labute approximate surface area is 167 Å². The molecule has 1 aromatic heterocycles. The van der Waals surface area contributed by atoms with Gasteiger partial charge < -0.3 is 10.6 Å². The molecule has 3 rings (SSSR count). The van der Waals surface area contributed by atoms with E-state index in [0.717, 1.165) is 12.8 Å². The number of anilines is 1. The van der Waals surface area contributed by atoms with Crippen molar-refractivity contribution in [3.05, 3.63) is 51.7 Å². The smallest absolute Gasteiger partial charge is 0.269 e. The van der Waals surface area contributed by atoms with Gasteiger partial charge in [-0.1, -0.05) is 25.5 Å². The molecule has 0 spiro atoms. The Kier molecular flexibility index (Phi) is 6.23. The molecule has 2 aromatic rings. The topological polar surface area (TPSA) is 131 Å². The van der Waals surface area contributed by atoms with E-state index in [9.17, 15) is 19.7 Å². The average Bonchev–Trinajstić information content (AvgIpc) is 3.02. The normalized spacial score (nSPS) is 18.9. The average molecular weight is 400 g/mol. The molecule has 0 bridgehead atoms. The number of hydrogen-bond donors (Lipinski definition) is 3. The zero-order chi connectivity index (χ0) is 21.0. The minimum absolute atomic E-state index is 0.0244. The van der Waals surface area contributed by atoms with Crippen molar-refractivity contribution >= 4 is 23.3 Å². The third-order valence-electron chi connectivity index (χ3n) is 4.64. The number of benzene rings is 1. The maximum absolute atomic E-state index is 12.5. The highest BCUT2D eigenvalue weighted by Crippen LogP contribution is 2.19. The SMILES string of the molecule is CCCC1CC(=O)NC(n2nc(C)cc2NC(=O)Cc2ccc([N+](=O)[O-])cc2)N1. The Morgan fingerprint density at radius 2 is 2.10 bits per heavy atom. The van der Waals surface area contributed by atoms with E-state index < -0.39 is 11.2 Å². The summed E-state index contributed by atoms with van der Waals surface area (Å²) >= 11 is 0. The van der Waals surface area contributed by atoms with Gasteiger partial charge in [-0.25, -0.2) is 4.68 Å². The fourth-order valence-corrected chi connectivity index (χ4v) is 3.34. The fraction of sp³-hybridized carbons (Fsp3) is 0.421. The predicted molar refractivity (Wildman–Crippen MR) is 106 cm³/mol. The lowest BCUT2D eigenvalue weighted by molar-refractivity contribution is -0.384. The summed E-state index contributed by atoms with van der Waals surface area (Å²) in [7, 11) is 0. The molecule has 0 saturated carbocycles. The third kappa shape index (κ3) is 5.17. The van der Waals surface area contributed by atoms with Crippen LogP contribution in [0.15, 0.2) is 30.3 Å². The number of rotatable bonds is 7. The van der Waals surface area contributed by atoms with E-state index in [1.54, 1.807) is 29.8 Å². The molecule has 2 unspecified atom stereocenters. The molecular formula is C19H24N6O4. The highest BCUT2D eigenvalue weighted by molar-refractivity contribution is 5.91. The molecule has 1 aromatic carbocycles. The van der Waals surface area contributed by atoms with Crippen LogP contribution in [-0.2, 0) is 16.0 Å². The van der Waals surface area contributed by atoms with Gasteiger partial charge in [0.15, 0.2) is 6.29 Å². The second-order valence-electron chi connectivity index (χ2n) is 7.09. The number of aromatic nitrogens is 2. The molecule has 1 aliphatic heterocycles. The van der Waals surface area contributed by atoms with Crippen LogP contribution in [0.25, 0.3) is 0 Å². The largest absolute Gasteiger partial charge is 0.322 e. The van der Waals surface area contributed by atoms with Crippen molar-refractivity contribution < 1.29 is 14.5 Å². The minimum atomic E-state index is -0.545. The summed E-state index contributed by atoms with van der Waals surface area (Å²) in [6, 6.07) is 7.62. The van der Waals surface area contributed by atoms with Gasteiger partial charge in [0.2, 0.25) is 11.8 Å². The van der Waals surface area contributed by atoms with Crippen LogP contribution in [0, 0.1) is 17.0 Å². The van der Waals surface area contributed by atoms with Crippen molar-refractivity contribution in [3.63, 3.8) is 0 Å². The van der Waals surface area contributed by atoms with Crippen molar-refractivity contribution in [1.29, 1.82) is 0 Å². The number of nitrogens with one attached hydrogen (secondary N) is 3. The Hall–Kier alpha value is -3.27. The van der Waals surface area contributed by atoms with Crippen LogP contribution in [-0.4, -0.2) is 32.6 Å². The second-order valence-corrected chi connectivity index (χ2v) is 7.09. The molecule has 10 nitrogen and oxygen atoms in total. The number of carbonyl (C=O) groups is 2. The van der Waals surface area contributed by atoms with E-state index in [-0.39, 0.29) is 30.0 Å². The van der Waals surface area contributed by atoms with Crippen LogP contribution < -0.4 is 16.0 Å². The molecular weight excluding hydrogens is 376 g/mol. The Morgan fingerprint density at radius 1 is 1.38 bits per heavy atom. The summed E-state index contributed by atoms with van der Waals surface area (Å²) in [5, 5.41) is 24.1. The quantitative estimate of drug-likeness (QED) is 0.481. The molecule has 1 fully saturated rings. The van der Waals surface area contributed by atoms with Crippen LogP contribution in [0.3, 0.4) is 0 Å². The van der Waals surface area contributed by atoms with Gasteiger partial charge in [0, 0.05) is 30.7 Å². The van der Waals surface area contributed by atoms with E-state index in [2.05, 4.69) is 28.0 Å². The van der Waals surface area contributed by atoms with Gasteiger partial charge in [0.05, 0.1) is 17.0 Å². The first-order valence-electron chi connectivity index (χ1n) is 9.50. The number of nitro benzene ring substituents is 1. The lowest BCUT2D eigenvalue weighted by Gasteiger charge is -2.32. The molecule has 2 amide bonds. The van der Waals surface area contributed by atoms with Crippen molar-refractivity contribution in [2.24, 2.45) is 0 Å². The van der Waals surface area contributed by atoms with Crippen LogP contribution in [0.4, 0.5) is 11.5 Å². The zero-order valence-electron chi connectivity index (χ0n) is 16.3. The van der Waals surface area contributed by atoms with Crippen molar-refractivity contribution in [2.45, 2.75) is 51.9 Å². The third-order valence-corrected chi connectivity index (χ3v) is 4.64. The van der Waals surface area contributed by atoms with E-state index in [0.29, 0.717) is 23.5 Å². The molecule has 0 radical (unpaired) electrons. The first-order chi connectivity index (χ1) is 13.9. The van der Waals surface area contributed by atoms with E-state index in [1.165, 1.54) is 12.1 Å². The lowest BCUT2D eigenvalue weighted by Crippen LogP contribution is -2.53. The van der Waals surface area contributed by atoms with Crippen molar-refractivity contribution in [1.82, 2.24) is 20.4 Å². The summed E-state index contributed by atoms with van der Waals surface area (Å²) in [6.45, 7) is 3.86. The molecule has 1 saturated heterocycles. The molecule has 3 N–H and O–H groups in total. The van der Waals surface area contributed by atoms with E-state index >= 15 is 0 Å². The van der Waals surface area contributed by atoms with E-state index in [4.69, 9.17) is 0 Å². The molecule has 154 valence electrons. The minimum Gasteiger partial charge on any atom is -0.322 e. The summed E-state index contributed by atoms with van der Waals surface area (Å²) in [4.78, 5) is 34.8. The highest BCUT2D eigenvalue weighted by Gasteiger charge is 2.28. The molecule has 10 heteroatoms. The van der Waals surface area contributed by atoms with Crippen LogP contribution in [0.2, 0.25) is 0 Å². The first-order valence-corrected chi connectivity index (χ1v) is 9.50. The Morgan fingerprint density at radius 3 is 2.76 bits per heavy atom. The Balaban J connectivity index is 1.70. The van der Waals surface area contributed by atoms with Crippen molar-refractivity contribution in [3.8, 4) is 0 Å². The number of nitrogens with zero attached hydrogens (tertiary/aromatic N) is 3. The summed E-state index contributed by atoms with van der Waals surface area (Å²) < 4.78 is 1.56. The second kappa shape index (κ2) is 8.82. The first kappa shape index (κ1) is 20.5. The monoisotopic (exact) mass is 400 g/mol. The predicted octanol–water partition coefficient (Wildman–Crippen LogP) is 2.02. The number of non-ortho nitro benzene ring substituents is 1. The summed E-state index contributed by atoms with van der Waals surface area (Å²) in [5.74, 6) is 0.111. The highest BCUT2D eigenvalue weighted by atomic mass is 16.6. The molecule has 29 heavy (non-hydrogen) atoms. The van der Waals surface area contributed by atoms with Crippen molar-refractivity contribution in [2.75, 3.05) is 5.32 Å².